The van der Waals surface area contributed by atoms with Gasteiger partial charge in [0.1, 0.15) is 5.54 Å². The van der Waals surface area contributed by atoms with Crippen LogP contribution in [0.1, 0.15) is 51.9 Å². The average Bonchev–Trinajstić information content (AvgIpc) is 3.13. The number of nitrogens with one attached hydrogen (secondary N) is 1. The zero-order valence-corrected chi connectivity index (χ0v) is 11.6. The smallest absolute Gasteiger partial charge is 0.323 e. The molecule has 0 spiro atoms. The predicted molar refractivity (Wildman–Crippen MR) is 71.7 cm³/mol. The van der Waals surface area contributed by atoms with Crippen LogP contribution in [0.3, 0.4) is 0 Å². The minimum absolute atomic E-state index is 0.445. The molecule has 0 radical (unpaired) electrons. The van der Waals surface area contributed by atoms with Gasteiger partial charge in [-0.05, 0) is 65.5 Å². The van der Waals surface area contributed by atoms with Crippen LogP contribution in [0.15, 0.2) is 0 Å². The number of hydrogen-bond donors (Lipinski definition) is 2. The molecule has 0 amide bonds. The van der Waals surface area contributed by atoms with Gasteiger partial charge in [0, 0.05) is 12.1 Å². The molecule has 18 heavy (non-hydrogen) atoms. The summed E-state index contributed by atoms with van der Waals surface area (Å²) in [7, 11) is 2.18. The van der Waals surface area contributed by atoms with Gasteiger partial charge in [-0.1, -0.05) is 0 Å². The lowest BCUT2D eigenvalue weighted by Gasteiger charge is -2.26. The molecule has 0 aromatic carbocycles. The van der Waals surface area contributed by atoms with Gasteiger partial charge in [-0.15, -0.1) is 0 Å². The molecule has 2 aliphatic rings. The zero-order chi connectivity index (χ0) is 13.2. The summed E-state index contributed by atoms with van der Waals surface area (Å²) < 4.78 is 0. The van der Waals surface area contributed by atoms with E-state index in [0.29, 0.717) is 6.04 Å². The molecule has 1 atom stereocenters. The Balaban J connectivity index is 1.66. The summed E-state index contributed by atoms with van der Waals surface area (Å²) in [6.45, 7) is 2.93. The number of aliphatic carboxylic acids is 1. The minimum Gasteiger partial charge on any atom is -0.480 e. The first-order valence-electron chi connectivity index (χ1n) is 7.22. The highest BCUT2D eigenvalue weighted by molar-refractivity contribution is 5.78. The molecule has 0 aromatic rings. The second-order valence-electron chi connectivity index (χ2n) is 6.22. The Morgan fingerprint density at radius 3 is 2.50 bits per heavy atom. The van der Waals surface area contributed by atoms with Gasteiger partial charge in [0.15, 0.2) is 0 Å². The molecule has 0 aliphatic heterocycles. The molecule has 2 saturated carbocycles. The van der Waals surface area contributed by atoms with E-state index >= 15 is 0 Å². The number of carbonyl (C=O) groups is 1. The van der Waals surface area contributed by atoms with E-state index in [0.717, 1.165) is 44.7 Å². The van der Waals surface area contributed by atoms with Crippen molar-refractivity contribution in [3.8, 4) is 0 Å². The van der Waals surface area contributed by atoms with Crippen molar-refractivity contribution in [2.45, 2.75) is 69.5 Å². The van der Waals surface area contributed by atoms with Crippen LogP contribution in [-0.4, -0.2) is 47.2 Å². The molecule has 2 N–H and O–H groups in total. The van der Waals surface area contributed by atoms with Crippen molar-refractivity contribution in [2.75, 3.05) is 13.6 Å². The first kappa shape index (κ1) is 13.8. The van der Waals surface area contributed by atoms with Crippen LogP contribution in [0.5, 0.6) is 0 Å². The van der Waals surface area contributed by atoms with Crippen molar-refractivity contribution in [1.82, 2.24) is 10.2 Å². The second kappa shape index (κ2) is 5.57. The molecule has 2 rings (SSSR count). The van der Waals surface area contributed by atoms with E-state index < -0.39 is 11.5 Å². The average molecular weight is 254 g/mol. The van der Waals surface area contributed by atoms with Gasteiger partial charge in [0.25, 0.3) is 0 Å². The first-order valence-corrected chi connectivity index (χ1v) is 7.22. The standard InChI is InChI=1S/C14H26N2O2/c1-14(13(17)18,15-11-5-6-11)9-3-4-10-16(2)12-7-8-12/h11-12,15H,3-10H2,1-2H3,(H,17,18). The van der Waals surface area contributed by atoms with E-state index in [9.17, 15) is 9.90 Å². The Hall–Kier alpha value is -0.610. The van der Waals surface area contributed by atoms with Crippen LogP contribution in [0.25, 0.3) is 0 Å². The number of hydrogen-bond acceptors (Lipinski definition) is 3. The summed E-state index contributed by atoms with van der Waals surface area (Å²) in [5.74, 6) is -0.704. The predicted octanol–water partition coefficient (Wildman–Crippen LogP) is 1.85. The number of unbranched alkanes of at least 4 members (excludes halogenated alkanes) is 1. The van der Waals surface area contributed by atoms with Crippen LogP contribution in [0.2, 0.25) is 0 Å². The van der Waals surface area contributed by atoms with Crippen molar-refractivity contribution >= 4 is 5.97 Å². The van der Waals surface area contributed by atoms with E-state index in [1.807, 2.05) is 6.92 Å². The van der Waals surface area contributed by atoms with Crippen molar-refractivity contribution in [3.05, 3.63) is 0 Å². The quantitative estimate of drug-likeness (QED) is 0.617. The SMILES string of the molecule is CN(CCCCC(C)(NC1CC1)C(=O)O)C1CC1. The van der Waals surface area contributed by atoms with Crippen LogP contribution < -0.4 is 5.32 Å². The highest BCUT2D eigenvalue weighted by Crippen LogP contribution is 2.27. The molecule has 0 aromatic heterocycles. The largest absolute Gasteiger partial charge is 0.480 e. The number of nitrogens with zero attached hydrogens (tertiary/aromatic N) is 1. The Morgan fingerprint density at radius 2 is 2.00 bits per heavy atom. The van der Waals surface area contributed by atoms with Gasteiger partial charge in [-0.25, -0.2) is 0 Å². The van der Waals surface area contributed by atoms with Crippen LogP contribution >= 0.6 is 0 Å². The van der Waals surface area contributed by atoms with Crippen molar-refractivity contribution < 1.29 is 9.90 Å². The normalized spacial score (nSPS) is 23.1. The highest BCUT2D eigenvalue weighted by atomic mass is 16.4. The third kappa shape index (κ3) is 3.95. The Kier molecular flexibility index (Phi) is 4.28. The Labute approximate surface area is 110 Å². The van der Waals surface area contributed by atoms with Crippen molar-refractivity contribution in [1.29, 1.82) is 0 Å². The van der Waals surface area contributed by atoms with Gasteiger partial charge in [0.2, 0.25) is 0 Å². The molecule has 2 fully saturated rings. The lowest BCUT2D eigenvalue weighted by molar-refractivity contribution is -0.144. The lowest BCUT2D eigenvalue weighted by atomic mass is 9.94. The highest BCUT2D eigenvalue weighted by Gasteiger charge is 2.37. The van der Waals surface area contributed by atoms with Crippen molar-refractivity contribution in [2.24, 2.45) is 0 Å². The zero-order valence-electron chi connectivity index (χ0n) is 11.6. The first-order chi connectivity index (χ1) is 8.51. The lowest BCUT2D eigenvalue weighted by Crippen LogP contribution is -2.50. The number of carboxylic acid groups (broad SMARTS) is 1. The van der Waals surface area contributed by atoms with E-state index in [1.165, 1.54) is 12.8 Å². The van der Waals surface area contributed by atoms with Gasteiger partial charge in [-0.3, -0.25) is 10.1 Å². The maximum atomic E-state index is 11.4. The van der Waals surface area contributed by atoms with E-state index in [-0.39, 0.29) is 0 Å². The van der Waals surface area contributed by atoms with Crippen LogP contribution in [0.4, 0.5) is 0 Å². The van der Waals surface area contributed by atoms with Crippen LogP contribution in [-0.2, 0) is 4.79 Å². The molecular weight excluding hydrogens is 228 g/mol. The molecule has 2 aliphatic carbocycles. The summed E-state index contributed by atoms with van der Waals surface area (Å²) in [4.78, 5) is 13.8. The molecule has 0 saturated heterocycles. The molecule has 4 nitrogen and oxygen atoms in total. The van der Waals surface area contributed by atoms with E-state index in [4.69, 9.17) is 0 Å². The van der Waals surface area contributed by atoms with Gasteiger partial charge in [-0.2, -0.15) is 0 Å². The maximum absolute atomic E-state index is 11.4. The fraction of sp³-hybridized carbons (Fsp3) is 0.929. The summed E-state index contributed by atoms with van der Waals surface area (Å²) in [5.41, 5.74) is -0.723. The molecule has 0 heterocycles. The van der Waals surface area contributed by atoms with Gasteiger partial charge in [0.05, 0.1) is 0 Å². The monoisotopic (exact) mass is 254 g/mol. The summed E-state index contributed by atoms with van der Waals surface area (Å²) >= 11 is 0. The molecular formula is C14H26N2O2. The Morgan fingerprint density at radius 1 is 1.33 bits per heavy atom. The molecule has 4 heteroatoms. The maximum Gasteiger partial charge on any atom is 0.323 e. The number of rotatable bonds is 9. The molecule has 0 bridgehead atoms. The van der Waals surface area contributed by atoms with Crippen LogP contribution in [0, 0.1) is 0 Å². The van der Waals surface area contributed by atoms with E-state index in [1.54, 1.807) is 0 Å². The summed E-state index contributed by atoms with van der Waals surface area (Å²) in [5, 5.41) is 12.6. The third-order valence-electron chi connectivity index (χ3n) is 4.18. The van der Waals surface area contributed by atoms with E-state index in [2.05, 4.69) is 17.3 Å². The minimum atomic E-state index is -0.723. The summed E-state index contributed by atoms with van der Waals surface area (Å²) in [6, 6.07) is 1.25. The number of carboxylic acids is 1. The van der Waals surface area contributed by atoms with Gasteiger partial charge >= 0.3 is 5.97 Å². The van der Waals surface area contributed by atoms with Crippen molar-refractivity contribution in [3.63, 3.8) is 0 Å². The molecule has 1 unspecified atom stereocenters. The molecule has 104 valence electrons. The fourth-order valence-corrected chi connectivity index (χ4v) is 2.46. The Bertz CT molecular complexity index is 300. The second-order valence-corrected chi connectivity index (χ2v) is 6.22. The van der Waals surface area contributed by atoms with Gasteiger partial charge < -0.3 is 10.0 Å². The summed E-state index contributed by atoms with van der Waals surface area (Å²) in [6.07, 6.45) is 7.76. The fourth-order valence-electron chi connectivity index (χ4n) is 2.46. The third-order valence-corrected chi connectivity index (χ3v) is 4.18. The topological polar surface area (TPSA) is 52.6 Å².